The van der Waals surface area contributed by atoms with Crippen molar-refractivity contribution in [2.75, 3.05) is 0 Å². The molecule has 2 bridgehead atoms. The Morgan fingerprint density at radius 2 is 2.00 bits per heavy atom. The molecule has 2 aliphatic heterocycles. The minimum absolute atomic E-state index is 0.0579. The Kier molecular flexibility index (Phi) is 1.59. The Balaban J connectivity index is 2.28. The van der Waals surface area contributed by atoms with E-state index in [0.29, 0.717) is 5.92 Å². The number of ether oxygens (including phenoxy) is 1. The van der Waals surface area contributed by atoms with Gasteiger partial charge in [-0.25, -0.2) is 0 Å². The molecule has 2 heteroatoms. The van der Waals surface area contributed by atoms with E-state index < -0.39 is 0 Å². The van der Waals surface area contributed by atoms with Crippen molar-refractivity contribution in [2.45, 2.75) is 57.3 Å². The van der Waals surface area contributed by atoms with Gasteiger partial charge in [0.25, 0.3) is 0 Å². The highest BCUT2D eigenvalue weighted by atomic mass is 16.5. The van der Waals surface area contributed by atoms with Gasteiger partial charge in [-0.2, -0.15) is 0 Å². The topological polar surface area (TPSA) is 29.5 Å². The van der Waals surface area contributed by atoms with Gasteiger partial charge in [0.05, 0.1) is 17.3 Å². The lowest BCUT2D eigenvalue weighted by molar-refractivity contribution is -0.263. The van der Waals surface area contributed by atoms with E-state index in [-0.39, 0.29) is 17.3 Å². The number of aliphatic hydroxyl groups excluding tert-OH is 1. The quantitative estimate of drug-likeness (QED) is 0.599. The van der Waals surface area contributed by atoms with E-state index >= 15 is 0 Å². The van der Waals surface area contributed by atoms with Crippen LogP contribution >= 0.6 is 0 Å². The summed E-state index contributed by atoms with van der Waals surface area (Å²) >= 11 is 0. The maximum absolute atomic E-state index is 9.82. The molecular formula is C10H18O2. The summed E-state index contributed by atoms with van der Waals surface area (Å²) in [5, 5.41) is 9.82. The predicted octanol–water partition coefficient (Wildman–Crippen LogP) is 1.71. The van der Waals surface area contributed by atoms with Gasteiger partial charge in [0, 0.05) is 12.3 Å². The second kappa shape index (κ2) is 2.24. The summed E-state index contributed by atoms with van der Waals surface area (Å²) in [6.07, 6.45) is 2.90. The van der Waals surface area contributed by atoms with Crippen LogP contribution < -0.4 is 0 Å². The van der Waals surface area contributed by atoms with Gasteiger partial charge in [0.15, 0.2) is 0 Å². The molecule has 2 saturated heterocycles. The summed E-state index contributed by atoms with van der Waals surface area (Å²) in [6, 6.07) is 0. The minimum Gasteiger partial charge on any atom is -0.393 e. The van der Waals surface area contributed by atoms with Crippen LogP contribution in [0.4, 0.5) is 0 Å². The maximum atomic E-state index is 9.82. The smallest absolute Gasteiger partial charge is 0.0686 e. The summed E-state index contributed by atoms with van der Waals surface area (Å²) in [6.45, 7) is 6.31. The molecule has 3 aliphatic rings. The third-order valence-electron chi connectivity index (χ3n) is 3.49. The molecule has 2 unspecified atom stereocenters. The van der Waals surface area contributed by atoms with Crippen molar-refractivity contribution in [3.05, 3.63) is 0 Å². The van der Waals surface area contributed by atoms with Gasteiger partial charge in [-0.05, 0) is 33.6 Å². The van der Waals surface area contributed by atoms with E-state index in [1.807, 2.05) is 0 Å². The van der Waals surface area contributed by atoms with Crippen LogP contribution in [0.5, 0.6) is 0 Å². The van der Waals surface area contributed by atoms with Crippen LogP contribution in [0.25, 0.3) is 0 Å². The largest absolute Gasteiger partial charge is 0.393 e. The molecule has 0 spiro atoms. The molecule has 1 N–H and O–H groups in total. The van der Waals surface area contributed by atoms with Gasteiger partial charge in [0.2, 0.25) is 0 Å². The van der Waals surface area contributed by atoms with E-state index in [1.54, 1.807) is 0 Å². The van der Waals surface area contributed by atoms with Crippen molar-refractivity contribution < 1.29 is 9.84 Å². The lowest BCUT2D eigenvalue weighted by Gasteiger charge is -2.56. The van der Waals surface area contributed by atoms with Crippen LogP contribution in [0, 0.1) is 5.92 Å². The van der Waals surface area contributed by atoms with Gasteiger partial charge in [0.1, 0.15) is 0 Å². The van der Waals surface area contributed by atoms with Gasteiger partial charge in [-0.1, -0.05) is 0 Å². The average Bonchev–Trinajstić information content (AvgIpc) is 1.80. The number of fused-ring (bicyclic) bond motifs is 3. The zero-order valence-electron chi connectivity index (χ0n) is 8.13. The molecule has 3 atom stereocenters. The van der Waals surface area contributed by atoms with E-state index in [9.17, 15) is 5.11 Å². The van der Waals surface area contributed by atoms with Crippen LogP contribution in [0.1, 0.15) is 40.0 Å². The zero-order chi connectivity index (χ0) is 8.98. The van der Waals surface area contributed by atoms with Crippen molar-refractivity contribution in [1.29, 1.82) is 0 Å². The fraction of sp³-hybridized carbons (Fsp3) is 1.00. The number of hydrogen-bond donors (Lipinski definition) is 1. The first-order chi connectivity index (χ1) is 5.43. The fourth-order valence-corrected chi connectivity index (χ4v) is 2.95. The SMILES string of the molecule is CC12CC[C@@H](C(O)C1)C(C)(C)O2. The highest BCUT2D eigenvalue weighted by Crippen LogP contribution is 2.49. The first kappa shape index (κ1) is 8.52. The summed E-state index contributed by atoms with van der Waals surface area (Å²) in [7, 11) is 0. The molecule has 12 heavy (non-hydrogen) atoms. The number of aliphatic hydroxyl groups is 1. The Morgan fingerprint density at radius 3 is 2.42 bits per heavy atom. The van der Waals surface area contributed by atoms with E-state index in [0.717, 1.165) is 19.3 Å². The Morgan fingerprint density at radius 1 is 1.33 bits per heavy atom. The molecule has 0 aromatic heterocycles. The Hall–Kier alpha value is -0.0800. The minimum atomic E-state index is -0.146. The molecule has 0 aromatic rings. The molecule has 0 aromatic carbocycles. The monoisotopic (exact) mass is 170 g/mol. The van der Waals surface area contributed by atoms with E-state index in [1.165, 1.54) is 0 Å². The Labute approximate surface area is 73.9 Å². The van der Waals surface area contributed by atoms with Crippen molar-refractivity contribution >= 4 is 0 Å². The molecule has 0 amide bonds. The molecule has 1 aliphatic carbocycles. The normalized spacial score (nSPS) is 51.0. The average molecular weight is 170 g/mol. The molecule has 3 fully saturated rings. The van der Waals surface area contributed by atoms with Crippen molar-refractivity contribution in [3.8, 4) is 0 Å². The maximum Gasteiger partial charge on any atom is 0.0686 e. The number of hydrogen-bond acceptors (Lipinski definition) is 2. The summed E-state index contributed by atoms with van der Waals surface area (Å²) in [5.74, 6) is 0.347. The van der Waals surface area contributed by atoms with E-state index in [4.69, 9.17) is 4.74 Å². The molecule has 2 nitrogen and oxygen atoms in total. The molecule has 3 rings (SSSR count). The molecular weight excluding hydrogens is 152 g/mol. The first-order valence-electron chi connectivity index (χ1n) is 4.81. The summed E-state index contributed by atoms with van der Waals surface area (Å²) in [5.41, 5.74) is -0.178. The van der Waals surface area contributed by atoms with E-state index in [2.05, 4.69) is 20.8 Å². The van der Waals surface area contributed by atoms with Gasteiger partial charge < -0.3 is 9.84 Å². The first-order valence-corrected chi connectivity index (χ1v) is 4.81. The highest BCUT2D eigenvalue weighted by molar-refractivity contribution is 5.02. The van der Waals surface area contributed by atoms with Crippen molar-refractivity contribution in [3.63, 3.8) is 0 Å². The van der Waals surface area contributed by atoms with Crippen LogP contribution in [0.3, 0.4) is 0 Å². The third-order valence-corrected chi connectivity index (χ3v) is 3.49. The third kappa shape index (κ3) is 1.09. The molecule has 70 valence electrons. The van der Waals surface area contributed by atoms with Crippen LogP contribution in [0.2, 0.25) is 0 Å². The van der Waals surface area contributed by atoms with Gasteiger partial charge in [-0.3, -0.25) is 0 Å². The standard InChI is InChI=1S/C10H18O2/c1-9(2)7-4-5-10(3,12-9)6-8(7)11/h7-8,11H,4-6H2,1-3H3/t7-,8?,10?/m0/s1. The molecule has 0 radical (unpaired) electrons. The second-order valence-corrected chi connectivity index (χ2v) is 5.07. The van der Waals surface area contributed by atoms with Crippen molar-refractivity contribution in [1.82, 2.24) is 0 Å². The molecule has 2 heterocycles. The highest BCUT2D eigenvalue weighted by Gasteiger charge is 2.52. The van der Waals surface area contributed by atoms with Gasteiger partial charge in [-0.15, -0.1) is 0 Å². The lowest BCUT2D eigenvalue weighted by atomic mass is 9.67. The van der Waals surface area contributed by atoms with Crippen molar-refractivity contribution in [2.24, 2.45) is 5.92 Å². The van der Waals surface area contributed by atoms with Crippen LogP contribution in [-0.2, 0) is 4.74 Å². The zero-order valence-corrected chi connectivity index (χ0v) is 8.13. The fourth-order valence-electron chi connectivity index (χ4n) is 2.95. The number of rotatable bonds is 0. The summed E-state index contributed by atoms with van der Waals surface area (Å²) in [4.78, 5) is 0. The molecule has 1 saturated carbocycles. The van der Waals surface area contributed by atoms with Crippen LogP contribution in [0.15, 0.2) is 0 Å². The van der Waals surface area contributed by atoms with Crippen LogP contribution in [-0.4, -0.2) is 22.4 Å². The predicted molar refractivity (Wildman–Crippen MR) is 46.9 cm³/mol. The summed E-state index contributed by atoms with van der Waals surface area (Å²) < 4.78 is 5.97. The lowest BCUT2D eigenvalue weighted by Crippen LogP contribution is -2.59. The second-order valence-electron chi connectivity index (χ2n) is 5.07. The van der Waals surface area contributed by atoms with Gasteiger partial charge >= 0.3 is 0 Å². The Bertz CT molecular complexity index is 197.